The zero-order valence-corrected chi connectivity index (χ0v) is 13.9. The Morgan fingerprint density at radius 3 is 1.09 bits per heavy atom. The van der Waals surface area contributed by atoms with Crippen molar-refractivity contribution in [3.8, 4) is 0 Å². The summed E-state index contributed by atoms with van der Waals surface area (Å²) in [5.74, 6) is -1.12. The van der Waals surface area contributed by atoms with Gasteiger partial charge in [-0.2, -0.15) is 0 Å². The maximum absolute atomic E-state index is 12.3. The summed E-state index contributed by atoms with van der Waals surface area (Å²) >= 11 is 12.0. The normalized spacial score (nSPS) is 11.0. The second kappa shape index (κ2) is 10.9. The third-order valence-corrected chi connectivity index (χ3v) is 3.34. The van der Waals surface area contributed by atoms with E-state index >= 15 is 0 Å². The van der Waals surface area contributed by atoms with Crippen LogP contribution < -0.4 is 0 Å². The van der Waals surface area contributed by atoms with Gasteiger partial charge < -0.3 is 9.80 Å². The van der Waals surface area contributed by atoms with Crippen molar-refractivity contribution in [1.29, 1.82) is 0 Å². The quantitative estimate of drug-likeness (QED) is 0.452. The molecule has 0 saturated carbocycles. The van der Waals surface area contributed by atoms with E-state index in [1.54, 1.807) is 24.3 Å². The second-order valence-corrected chi connectivity index (χ2v) is 4.96. The fourth-order valence-corrected chi connectivity index (χ4v) is 1.97. The summed E-state index contributed by atoms with van der Waals surface area (Å²) in [6.45, 7) is 15.3. The Balaban J connectivity index is 5.37. The fourth-order valence-electron chi connectivity index (χ4n) is 1.57. The zero-order valence-electron chi connectivity index (χ0n) is 12.4. The number of halogens is 2. The van der Waals surface area contributed by atoms with Crippen molar-refractivity contribution in [3.05, 3.63) is 60.7 Å². The van der Waals surface area contributed by atoms with Gasteiger partial charge in [0.25, 0.3) is 11.8 Å². The van der Waals surface area contributed by atoms with Crippen LogP contribution in [0.3, 0.4) is 0 Å². The number of nitrogens with zero attached hydrogens (tertiary/aromatic N) is 2. The molecule has 0 saturated heterocycles. The van der Waals surface area contributed by atoms with Gasteiger partial charge in [0, 0.05) is 26.2 Å². The van der Waals surface area contributed by atoms with Gasteiger partial charge in [0.2, 0.25) is 0 Å². The monoisotopic (exact) mass is 342 g/mol. The molecule has 0 heterocycles. The number of carbonyl (C=O) groups is 2. The van der Waals surface area contributed by atoms with Crippen LogP contribution in [0, 0.1) is 0 Å². The average Bonchev–Trinajstić information content (AvgIpc) is 2.51. The largest absolute Gasteiger partial charge is 0.330 e. The summed E-state index contributed by atoms with van der Waals surface area (Å²) in [6.07, 6.45) is 6.18. The highest BCUT2D eigenvalue weighted by molar-refractivity contribution is 6.53. The first-order valence-corrected chi connectivity index (χ1v) is 7.27. The summed E-state index contributed by atoms with van der Waals surface area (Å²) in [5.41, 5.74) is 0. The molecule has 4 nitrogen and oxygen atoms in total. The number of carbonyl (C=O) groups excluding carboxylic acids is 2. The predicted molar refractivity (Wildman–Crippen MR) is 92.7 cm³/mol. The fraction of sp³-hybridized carbons (Fsp3) is 0.250. The van der Waals surface area contributed by atoms with E-state index in [9.17, 15) is 9.59 Å². The van der Waals surface area contributed by atoms with E-state index in [2.05, 4.69) is 26.3 Å². The van der Waals surface area contributed by atoms with Crippen LogP contribution in [-0.2, 0) is 9.59 Å². The van der Waals surface area contributed by atoms with E-state index in [0.717, 1.165) is 0 Å². The van der Waals surface area contributed by atoms with Crippen molar-refractivity contribution in [2.24, 2.45) is 0 Å². The molecule has 0 rings (SSSR count). The lowest BCUT2D eigenvalue weighted by Gasteiger charge is -2.21. The Kier molecular flexibility index (Phi) is 10.00. The number of rotatable bonds is 10. The molecule has 0 aromatic heterocycles. The number of hydrogen-bond donors (Lipinski definition) is 0. The molecule has 0 atom stereocenters. The van der Waals surface area contributed by atoms with E-state index in [4.69, 9.17) is 23.2 Å². The lowest BCUT2D eigenvalue weighted by molar-refractivity contribution is -0.128. The Morgan fingerprint density at radius 2 is 0.909 bits per heavy atom. The van der Waals surface area contributed by atoms with Crippen molar-refractivity contribution >= 4 is 35.0 Å². The van der Waals surface area contributed by atoms with Crippen LogP contribution in [0.5, 0.6) is 0 Å². The summed E-state index contributed by atoms with van der Waals surface area (Å²) in [4.78, 5) is 27.2. The molecule has 0 N–H and O–H groups in total. The zero-order chi connectivity index (χ0) is 17.1. The Hall–Kier alpha value is -1.78. The van der Waals surface area contributed by atoms with Gasteiger partial charge in [-0.25, -0.2) is 0 Å². The first-order chi connectivity index (χ1) is 10.4. The van der Waals surface area contributed by atoms with Crippen molar-refractivity contribution in [2.45, 2.75) is 0 Å². The minimum absolute atomic E-state index is 0.266. The van der Waals surface area contributed by atoms with Gasteiger partial charge in [-0.3, -0.25) is 9.59 Å². The van der Waals surface area contributed by atoms with Crippen molar-refractivity contribution in [1.82, 2.24) is 9.80 Å². The molecule has 0 spiro atoms. The maximum Gasteiger partial charge on any atom is 0.267 e. The molecule has 0 aliphatic heterocycles. The van der Waals surface area contributed by atoms with E-state index < -0.39 is 11.8 Å². The van der Waals surface area contributed by atoms with E-state index in [-0.39, 0.29) is 36.2 Å². The number of hydrogen-bond acceptors (Lipinski definition) is 2. The molecule has 6 heteroatoms. The highest BCUT2D eigenvalue weighted by Gasteiger charge is 2.24. The lowest BCUT2D eigenvalue weighted by Crippen LogP contribution is -2.35. The van der Waals surface area contributed by atoms with Gasteiger partial charge in [0.1, 0.15) is 10.1 Å². The van der Waals surface area contributed by atoms with Gasteiger partial charge in [-0.1, -0.05) is 47.5 Å². The lowest BCUT2D eigenvalue weighted by atomic mass is 10.3. The van der Waals surface area contributed by atoms with Crippen molar-refractivity contribution in [3.63, 3.8) is 0 Å². The molecule has 0 aliphatic carbocycles. The SMILES string of the molecule is C=CCN(CC=C)C(=O)/C(Cl)=C(/Cl)C(=O)N(CC=C)CC=C. The molecule has 22 heavy (non-hydrogen) atoms. The third kappa shape index (κ3) is 5.92. The molecule has 0 fully saturated rings. The van der Waals surface area contributed by atoms with Gasteiger partial charge in [-0.15, -0.1) is 26.3 Å². The molecule has 0 radical (unpaired) electrons. The standard InChI is InChI=1S/C16H20Cl2N2O2/c1-5-9-19(10-6-2)15(21)13(17)14(18)16(22)20(11-7-3)12-8-4/h5-8H,1-4,9-12H2/b14-13-. The van der Waals surface area contributed by atoms with Gasteiger partial charge in [-0.05, 0) is 0 Å². The second-order valence-electron chi connectivity index (χ2n) is 4.20. The van der Waals surface area contributed by atoms with E-state index in [0.29, 0.717) is 0 Å². The molecule has 120 valence electrons. The average molecular weight is 343 g/mol. The molecule has 0 bridgehead atoms. The van der Waals surface area contributed by atoms with Crippen LogP contribution in [0.15, 0.2) is 60.7 Å². The summed E-state index contributed by atoms with van der Waals surface area (Å²) in [5, 5.41) is -0.679. The molecule has 2 amide bonds. The van der Waals surface area contributed by atoms with Crippen molar-refractivity contribution < 1.29 is 9.59 Å². The summed E-state index contributed by atoms with van der Waals surface area (Å²) in [6, 6.07) is 0. The smallest absolute Gasteiger partial charge is 0.267 e. The topological polar surface area (TPSA) is 40.6 Å². The molecule has 0 unspecified atom stereocenters. The summed E-state index contributed by atoms with van der Waals surface area (Å²) < 4.78 is 0. The van der Waals surface area contributed by atoms with Crippen LogP contribution in [0.25, 0.3) is 0 Å². The minimum atomic E-state index is -0.558. The first kappa shape index (κ1) is 20.2. The van der Waals surface area contributed by atoms with Crippen molar-refractivity contribution in [2.75, 3.05) is 26.2 Å². The highest BCUT2D eigenvalue weighted by atomic mass is 35.5. The summed E-state index contributed by atoms with van der Waals surface area (Å²) in [7, 11) is 0. The van der Waals surface area contributed by atoms with Crippen LogP contribution in [0.4, 0.5) is 0 Å². The number of amides is 2. The van der Waals surface area contributed by atoms with Crippen LogP contribution in [0.2, 0.25) is 0 Å². The molecule has 0 aliphatic rings. The van der Waals surface area contributed by atoms with Crippen LogP contribution in [-0.4, -0.2) is 47.8 Å². The predicted octanol–water partition coefficient (Wildman–Crippen LogP) is 3.08. The van der Waals surface area contributed by atoms with Gasteiger partial charge in [0.05, 0.1) is 0 Å². The molecular formula is C16H20Cl2N2O2. The Labute approximate surface area is 141 Å². The van der Waals surface area contributed by atoms with Crippen LogP contribution in [0.1, 0.15) is 0 Å². The molecular weight excluding hydrogens is 323 g/mol. The van der Waals surface area contributed by atoms with Gasteiger partial charge >= 0.3 is 0 Å². The molecule has 0 aromatic carbocycles. The Bertz CT molecular complexity index is 434. The molecule has 0 aromatic rings. The van der Waals surface area contributed by atoms with E-state index in [1.165, 1.54) is 9.80 Å². The Morgan fingerprint density at radius 1 is 0.682 bits per heavy atom. The third-order valence-electron chi connectivity index (χ3n) is 2.54. The maximum atomic E-state index is 12.3. The van der Waals surface area contributed by atoms with Gasteiger partial charge in [0.15, 0.2) is 0 Å². The highest BCUT2D eigenvalue weighted by Crippen LogP contribution is 2.19. The first-order valence-electron chi connectivity index (χ1n) is 6.51. The van der Waals surface area contributed by atoms with Crippen LogP contribution >= 0.6 is 23.2 Å². The minimum Gasteiger partial charge on any atom is -0.330 e. The van der Waals surface area contributed by atoms with E-state index in [1.807, 2.05) is 0 Å².